The number of benzene rings is 1. The Balaban J connectivity index is 2.33. The number of ether oxygens (including phenoxy) is 2. The fourth-order valence-electron chi connectivity index (χ4n) is 1.48. The molecule has 1 atom stereocenters. The third kappa shape index (κ3) is 1.48. The minimum absolute atomic E-state index is 0.0531. The van der Waals surface area contributed by atoms with E-state index in [0.717, 1.165) is 17.2 Å². The lowest BCUT2D eigenvalue weighted by molar-refractivity contribution is 0.206. The molecule has 76 valence electrons. The van der Waals surface area contributed by atoms with Crippen molar-refractivity contribution < 1.29 is 14.6 Å². The van der Waals surface area contributed by atoms with E-state index in [1.54, 1.807) is 7.11 Å². The number of para-hydroxylation sites is 1. The molecule has 0 bridgehead atoms. The van der Waals surface area contributed by atoms with E-state index in [1.807, 2.05) is 18.2 Å². The van der Waals surface area contributed by atoms with Gasteiger partial charge in [-0.15, -0.1) is 0 Å². The third-order valence-corrected chi connectivity index (χ3v) is 2.22. The van der Waals surface area contributed by atoms with Gasteiger partial charge in [-0.3, -0.25) is 0 Å². The maximum absolute atomic E-state index is 9.00. The summed E-state index contributed by atoms with van der Waals surface area (Å²) in [4.78, 5) is 0. The van der Waals surface area contributed by atoms with Crippen LogP contribution in [0, 0.1) is 0 Å². The summed E-state index contributed by atoms with van der Waals surface area (Å²) < 4.78 is 10.6. The van der Waals surface area contributed by atoms with Gasteiger partial charge in [0.2, 0.25) is 0 Å². The standard InChI is InChI=1S/C10H13NO3/c1-13-8-3-2-4-9-10(8)11-7(5-12)6-14-9/h2-4,7,11-12H,5-6H2,1H3. The maximum atomic E-state index is 9.00. The SMILES string of the molecule is COc1cccc2c1NC(CO)CO2. The molecule has 1 aliphatic heterocycles. The average molecular weight is 195 g/mol. The molecule has 2 N–H and O–H groups in total. The highest BCUT2D eigenvalue weighted by atomic mass is 16.5. The number of anilines is 1. The molecule has 1 aromatic carbocycles. The predicted molar refractivity (Wildman–Crippen MR) is 53.0 cm³/mol. The van der Waals surface area contributed by atoms with E-state index < -0.39 is 0 Å². The molecule has 1 aromatic rings. The lowest BCUT2D eigenvalue weighted by Gasteiger charge is -2.27. The van der Waals surface area contributed by atoms with Gasteiger partial charge in [-0.25, -0.2) is 0 Å². The highest BCUT2D eigenvalue weighted by Crippen LogP contribution is 2.36. The summed E-state index contributed by atoms with van der Waals surface area (Å²) in [5.41, 5.74) is 0.820. The molecule has 0 spiro atoms. The van der Waals surface area contributed by atoms with Crippen LogP contribution in [0.3, 0.4) is 0 Å². The molecular formula is C10H13NO3. The molecule has 1 aliphatic rings. The second-order valence-electron chi connectivity index (χ2n) is 3.17. The molecule has 0 saturated heterocycles. The maximum Gasteiger partial charge on any atom is 0.146 e. The van der Waals surface area contributed by atoms with Gasteiger partial charge in [0.15, 0.2) is 0 Å². The van der Waals surface area contributed by atoms with Crippen molar-refractivity contribution in [2.24, 2.45) is 0 Å². The zero-order chi connectivity index (χ0) is 9.97. The Bertz CT molecular complexity index is 313. The number of hydrogen-bond acceptors (Lipinski definition) is 4. The molecule has 1 heterocycles. The Morgan fingerprint density at radius 3 is 3.21 bits per heavy atom. The van der Waals surface area contributed by atoms with Crippen molar-refractivity contribution in [2.75, 3.05) is 25.6 Å². The second kappa shape index (κ2) is 3.75. The summed E-state index contributed by atoms with van der Waals surface area (Å²) >= 11 is 0. The molecule has 2 rings (SSSR count). The summed E-state index contributed by atoms with van der Waals surface area (Å²) in [5, 5.41) is 12.2. The van der Waals surface area contributed by atoms with Crippen molar-refractivity contribution >= 4 is 5.69 Å². The third-order valence-electron chi connectivity index (χ3n) is 2.22. The predicted octanol–water partition coefficient (Wildman–Crippen LogP) is 0.860. The first-order valence-corrected chi connectivity index (χ1v) is 4.52. The van der Waals surface area contributed by atoms with Gasteiger partial charge in [-0.05, 0) is 12.1 Å². The quantitative estimate of drug-likeness (QED) is 0.735. The van der Waals surface area contributed by atoms with Crippen LogP contribution in [0.1, 0.15) is 0 Å². The van der Waals surface area contributed by atoms with Crippen molar-refractivity contribution in [3.8, 4) is 11.5 Å². The van der Waals surface area contributed by atoms with Gasteiger partial charge in [-0.2, -0.15) is 0 Å². The summed E-state index contributed by atoms with van der Waals surface area (Å²) in [7, 11) is 1.61. The van der Waals surface area contributed by atoms with Crippen LogP contribution in [0.25, 0.3) is 0 Å². The Morgan fingerprint density at radius 1 is 1.64 bits per heavy atom. The monoisotopic (exact) mass is 195 g/mol. The van der Waals surface area contributed by atoms with Crippen LogP contribution >= 0.6 is 0 Å². The smallest absolute Gasteiger partial charge is 0.146 e. The van der Waals surface area contributed by atoms with E-state index in [-0.39, 0.29) is 12.6 Å². The van der Waals surface area contributed by atoms with Gasteiger partial charge >= 0.3 is 0 Å². The average Bonchev–Trinajstić information content (AvgIpc) is 2.27. The fourth-order valence-corrected chi connectivity index (χ4v) is 1.48. The van der Waals surface area contributed by atoms with Gasteiger partial charge in [0.05, 0.1) is 19.8 Å². The molecule has 1 unspecified atom stereocenters. The first kappa shape index (κ1) is 9.15. The number of aliphatic hydroxyl groups is 1. The topological polar surface area (TPSA) is 50.7 Å². The van der Waals surface area contributed by atoms with Crippen LogP contribution < -0.4 is 14.8 Å². The van der Waals surface area contributed by atoms with Crippen LogP contribution in [-0.4, -0.2) is 31.5 Å². The molecule has 0 radical (unpaired) electrons. The van der Waals surface area contributed by atoms with E-state index in [2.05, 4.69) is 5.32 Å². The normalized spacial score (nSPS) is 19.1. The highest BCUT2D eigenvalue weighted by Gasteiger charge is 2.20. The van der Waals surface area contributed by atoms with E-state index >= 15 is 0 Å². The van der Waals surface area contributed by atoms with Crippen LogP contribution in [0.2, 0.25) is 0 Å². The zero-order valence-electron chi connectivity index (χ0n) is 7.99. The number of methoxy groups -OCH3 is 1. The lowest BCUT2D eigenvalue weighted by Crippen LogP contribution is -2.34. The number of rotatable bonds is 2. The van der Waals surface area contributed by atoms with Gasteiger partial charge in [0.25, 0.3) is 0 Å². The van der Waals surface area contributed by atoms with E-state index in [1.165, 1.54) is 0 Å². The lowest BCUT2D eigenvalue weighted by atomic mass is 10.2. The van der Waals surface area contributed by atoms with Crippen molar-refractivity contribution in [3.63, 3.8) is 0 Å². The summed E-state index contributed by atoms with van der Waals surface area (Å²) in [6, 6.07) is 5.55. The molecule has 4 heteroatoms. The van der Waals surface area contributed by atoms with Crippen molar-refractivity contribution in [2.45, 2.75) is 6.04 Å². The summed E-state index contributed by atoms with van der Waals surface area (Å²) in [6.45, 7) is 0.536. The van der Waals surface area contributed by atoms with Gasteiger partial charge < -0.3 is 19.9 Å². The minimum atomic E-state index is -0.0567. The van der Waals surface area contributed by atoms with Crippen molar-refractivity contribution in [3.05, 3.63) is 18.2 Å². The molecular weight excluding hydrogens is 182 g/mol. The second-order valence-corrected chi connectivity index (χ2v) is 3.17. The first-order valence-electron chi connectivity index (χ1n) is 4.52. The number of hydrogen-bond donors (Lipinski definition) is 2. The van der Waals surface area contributed by atoms with E-state index in [4.69, 9.17) is 14.6 Å². The van der Waals surface area contributed by atoms with Crippen LogP contribution in [0.15, 0.2) is 18.2 Å². The molecule has 4 nitrogen and oxygen atoms in total. The molecule has 14 heavy (non-hydrogen) atoms. The number of fused-ring (bicyclic) bond motifs is 1. The van der Waals surface area contributed by atoms with Crippen LogP contribution in [0.5, 0.6) is 11.5 Å². The summed E-state index contributed by atoms with van der Waals surface area (Å²) in [6.07, 6.45) is 0. The van der Waals surface area contributed by atoms with Gasteiger partial charge in [0.1, 0.15) is 23.8 Å². The molecule has 0 aromatic heterocycles. The Labute approximate surface area is 82.5 Å². The molecule has 0 amide bonds. The number of nitrogens with one attached hydrogen (secondary N) is 1. The molecule has 0 saturated carbocycles. The Kier molecular flexibility index (Phi) is 2.45. The fraction of sp³-hybridized carbons (Fsp3) is 0.400. The number of aliphatic hydroxyl groups excluding tert-OH is 1. The van der Waals surface area contributed by atoms with Crippen molar-refractivity contribution in [1.29, 1.82) is 0 Å². The van der Waals surface area contributed by atoms with E-state index in [9.17, 15) is 0 Å². The van der Waals surface area contributed by atoms with Crippen LogP contribution in [0.4, 0.5) is 5.69 Å². The summed E-state index contributed by atoms with van der Waals surface area (Å²) in [5.74, 6) is 1.51. The zero-order valence-corrected chi connectivity index (χ0v) is 7.99. The van der Waals surface area contributed by atoms with Gasteiger partial charge in [0, 0.05) is 0 Å². The minimum Gasteiger partial charge on any atom is -0.494 e. The highest BCUT2D eigenvalue weighted by molar-refractivity contribution is 5.67. The molecule has 0 aliphatic carbocycles. The van der Waals surface area contributed by atoms with Crippen LogP contribution in [-0.2, 0) is 0 Å². The largest absolute Gasteiger partial charge is 0.494 e. The van der Waals surface area contributed by atoms with Crippen molar-refractivity contribution in [1.82, 2.24) is 0 Å². The van der Waals surface area contributed by atoms with Gasteiger partial charge in [-0.1, -0.05) is 6.07 Å². The first-order chi connectivity index (χ1) is 6.85. The Morgan fingerprint density at radius 2 is 2.50 bits per heavy atom. The Hall–Kier alpha value is -1.42. The molecule has 0 fully saturated rings. The van der Waals surface area contributed by atoms with E-state index in [0.29, 0.717) is 6.61 Å².